The van der Waals surface area contributed by atoms with Crippen molar-refractivity contribution >= 4 is 11.8 Å². The van der Waals surface area contributed by atoms with Crippen LogP contribution in [-0.4, -0.2) is 55.1 Å². The molecule has 90 valence electrons. The van der Waals surface area contributed by atoms with Crippen molar-refractivity contribution < 1.29 is 20.1 Å². The lowest BCUT2D eigenvalue weighted by molar-refractivity contribution is -0.192. The molecule has 0 amide bonds. The van der Waals surface area contributed by atoms with Gasteiger partial charge in [0.2, 0.25) is 0 Å². The van der Waals surface area contributed by atoms with Crippen molar-refractivity contribution in [3.63, 3.8) is 0 Å². The number of thioether (sulfide) groups is 1. The number of hydrogen-bond donors (Lipinski definition) is 4. The molecule has 1 fully saturated rings. The van der Waals surface area contributed by atoms with Gasteiger partial charge in [-0.3, -0.25) is 0 Å². The van der Waals surface area contributed by atoms with Crippen LogP contribution in [0.5, 0.6) is 0 Å². The number of imidazole rings is 1. The lowest BCUT2D eigenvalue weighted by Crippen LogP contribution is -2.55. The topological polar surface area (TPSA) is 98.6 Å². The van der Waals surface area contributed by atoms with Crippen molar-refractivity contribution in [1.82, 2.24) is 9.97 Å². The minimum Gasteiger partial charge on any atom is -0.388 e. The maximum atomic E-state index is 9.73. The highest BCUT2D eigenvalue weighted by Crippen LogP contribution is 2.31. The van der Waals surface area contributed by atoms with Crippen molar-refractivity contribution in [3.8, 4) is 0 Å². The quantitative estimate of drug-likeness (QED) is 0.552. The average Bonchev–Trinajstić information content (AvgIpc) is 2.76. The van der Waals surface area contributed by atoms with Gasteiger partial charge in [0.1, 0.15) is 23.7 Å². The van der Waals surface area contributed by atoms with Crippen LogP contribution in [0.1, 0.15) is 6.92 Å². The van der Waals surface area contributed by atoms with E-state index in [1.165, 1.54) is 11.8 Å². The van der Waals surface area contributed by atoms with Gasteiger partial charge in [0.15, 0.2) is 5.16 Å². The molecule has 2 rings (SSSR count). The molecule has 0 unspecified atom stereocenters. The number of hydrogen-bond acceptors (Lipinski definition) is 6. The third-order valence-electron chi connectivity index (χ3n) is 2.51. The molecule has 1 aliphatic rings. The molecule has 0 aliphatic carbocycles. The number of aliphatic hydroxyl groups is 3. The first-order chi connectivity index (χ1) is 7.59. The number of aromatic amines is 1. The minimum absolute atomic E-state index is 0.522. The van der Waals surface area contributed by atoms with Gasteiger partial charge >= 0.3 is 0 Å². The second kappa shape index (κ2) is 4.72. The summed E-state index contributed by atoms with van der Waals surface area (Å²) < 4.78 is 5.40. The summed E-state index contributed by atoms with van der Waals surface area (Å²) in [5.74, 6) is 0. The van der Waals surface area contributed by atoms with Crippen molar-refractivity contribution in [2.75, 3.05) is 0 Å². The normalized spacial score (nSPS) is 39.9. The first-order valence-electron chi connectivity index (χ1n) is 4.95. The van der Waals surface area contributed by atoms with Crippen LogP contribution in [0, 0.1) is 0 Å². The number of aromatic nitrogens is 2. The van der Waals surface area contributed by atoms with E-state index in [1.807, 2.05) is 0 Å². The highest BCUT2D eigenvalue weighted by Gasteiger charge is 2.42. The average molecular weight is 246 g/mol. The number of H-pyrrole nitrogens is 1. The van der Waals surface area contributed by atoms with E-state index in [0.29, 0.717) is 5.16 Å². The summed E-state index contributed by atoms with van der Waals surface area (Å²) >= 11 is 1.18. The van der Waals surface area contributed by atoms with Crippen molar-refractivity contribution in [2.45, 2.75) is 41.9 Å². The number of nitrogens with one attached hydrogen (secondary N) is 1. The van der Waals surface area contributed by atoms with E-state index in [0.717, 1.165) is 0 Å². The molecule has 0 spiro atoms. The Bertz CT molecular complexity index is 334. The third-order valence-corrected chi connectivity index (χ3v) is 3.58. The Kier molecular flexibility index (Phi) is 3.50. The second-order valence-electron chi connectivity index (χ2n) is 3.69. The SMILES string of the molecule is C[C@@H]1O[C@@H](Sc2ncc[nH]2)[C@@H](O)[C@@H](O)[C@@H]1O. The standard InChI is InChI=1S/C9H14N2O4S/c1-4-5(12)6(13)7(14)8(15-4)16-9-10-2-3-11-9/h2-8,12-14H,1H3,(H,10,11)/t4-,5+,6-,7-,8-/m0/s1. The van der Waals surface area contributed by atoms with Gasteiger partial charge < -0.3 is 25.0 Å². The number of nitrogens with zero attached hydrogens (tertiary/aromatic N) is 1. The van der Waals surface area contributed by atoms with Crippen LogP contribution in [0.3, 0.4) is 0 Å². The molecule has 7 heteroatoms. The summed E-state index contributed by atoms with van der Waals surface area (Å²) in [6.45, 7) is 1.65. The molecule has 16 heavy (non-hydrogen) atoms. The Morgan fingerprint density at radius 1 is 1.31 bits per heavy atom. The van der Waals surface area contributed by atoms with Crippen LogP contribution in [0.25, 0.3) is 0 Å². The lowest BCUT2D eigenvalue weighted by atomic mass is 10.0. The smallest absolute Gasteiger partial charge is 0.167 e. The fourth-order valence-electron chi connectivity index (χ4n) is 1.54. The summed E-state index contributed by atoms with van der Waals surface area (Å²) in [5, 5.41) is 29.4. The predicted octanol–water partition coefficient (Wildman–Crippen LogP) is -0.671. The molecular weight excluding hydrogens is 232 g/mol. The second-order valence-corrected chi connectivity index (χ2v) is 4.78. The molecule has 6 nitrogen and oxygen atoms in total. The Morgan fingerprint density at radius 2 is 2.06 bits per heavy atom. The fourth-order valence-corrected chi connectivity index (χ4v) is 2.55. The first-order valence-corrected chi connectivity index (χ1v) is 5.83. The van der Waals surface area contributed by atoms with Gasteiger partial charge in [-0.2, -0.15) is 0 Å². The van der Waals surface area contributed by atoms with Crippen molar-refractivity contribution in [3.05, 3.63) is 12.4 Å². The molecular formula is C9H14N2O4S. The highest BCUT2D eigenvalue weighted by atomic mass is 32.2. The maximum absolute atomic E-state index is 9.73. The maximum Gasteiger partial charge on any atom is 0.167 e. The highest BCUT2D eigenvalue weighted by molar-refractivity contribution is 7.99. The van der Waals surface area contributed by atoms with Gasteiger partial charge in [0, 0.05) is 12.4 Å². The summed E-state index contributed by atoms with van der Waals surface area (Å²) in [5.41, 5.74) is -0.639. The van der Waals surface area contributed by atoms with Crippen LogP contribution in [0.2, 0.25) is 0 Å². The van der Waals surface area contributed by atoms with Crippen LogP contribution in [0.4, 0.5) is 0 Å². The van der Waals surface area contributed by atoms with Gasteiger partial charge in [0.05, 0.1) is 6.10 Å². The molecule has 0 bridgehead atoms. The number of ether oxygens (including phenoxy) is 1. The third kappa shape index (κ3) is 2.23. The van der Waals surface area contributed by atoms with E-state index in [2.05, 4.69) is 9.97 Å². The van der Waals surface area contributed by atoms with E-state index in [4.69, 9.17) is 4.74 Å². The molecule has 0 aromatic carbocycles. The zero-order valence-corrected chi connectivity index (χ0v) is 9.46. The monoisotopic (exact) mass is 246 g/mol. The fraction of sp³-hybridized carbons (Fsp3) is 0.667. The van der Waals surface area contributed by atoms with E-state index in [-0.39, 0.29) is 0 Å². The van der Waals surface area contributed by atoms with E-state index < -0.39 is 29.9 Å². The minimum atomic E-state index is -1.20. The zero-order valence-electron chi connectivity index (χ0n) is 8.65. The summed E-state index contributed by atoms with van der Waals surface area (Å²) in [6.07, 6.45) is -0.676. The van der Waals surface area contributed by atoms with Crippen LogP contribution < -0.4 is 0 Å². The molecule has 1 aromatic heterocycles. The Balaban J connectivity index is 2.04. The van der Waals surface area contributed by atoms with Crippen LogP contribution >= 0.6 is 11.8 Å². The number of aliphatic hydroxyl groups excluding tert-OH is 3. The molecule has 2 heterocycles. The molecule has 1 saturated heterocycles. The molecule has 0 radical (unpaired) electrons. The van der Waals surface area contributed by atoms with Gasteiger partial charge in [0.25, 0.3) is 0 Å². The van der Waals surface area contributed by atoms with Crippen LogP contribution in [0.15, 0.2) is 17.6 Å². The Morgan fingerprint density at radius 3 is 2.69 bits per heavy atom. The number of rotatable bonds is 2. The lowest BCUT2D eigenvalue weighted by Gasteiger charge is -2.38. The molecule has 1 aliphatic heterocycles. The van der Waals surface area contributed by atoms with Gasteiger partial charge in [-0.05, 0) is 6.92 Å². The van der Waals surface area contributed by atoms with Crippen molar-refractivity contribution in [1.29, 1.82) is 0 Å². The molecule has 4 N–H and O–H groups in total. The van der Waals surface area contributed by atoms with E-state index in [9.17, 15) is 15.3 Å². The van der Waals surface area contributed by atoms with E-state index in [1.54, 1.807) is 19.3 Å². The van der Waals surface area contributed by atoms with Gasteiger partial charge in [-0.15, -0.1) is 0 Å². The molecule has 5 atom stereocenters. The summed E-state index contributed by atoms with van der Waals surface area (Å²) in [6, 6.07) is 0. The summed E-state index contributed by atoms with van der Waals surface area (Å²) in [4.78, 5) is 6.85. The van der Waals surface area contributed by atoms with E-state index >= 15 is 0 Å². The Labute approximate surface area is 96.7 Å². The predicted molar refractivity (Wildman–Crippen MR) is 56.8 cm³/mol. The summed E-state index contributed by atoms with van der Waals surface area (Å²) in [7, 11) is 0. The largest absolute Gasteiger partial charge is 0.388 e. The molecule has 0 saturated carbocycles. The van der Waals surface area contributed by atoms with Gasteiger partial charge in [-0.1, -0.05) is 11.8 Å². The Hall–Kier alpha value is -0.600. The molecule has 1 aromatic rings. The zero-order chi connectivity index (χ0) is 11.7. The van der Waals surface area contributed by atoms with Crippen LogP contribution in [-0.2, 0) is 4.74 Å². The van der Waals surface area contributed by atoms with Gasteiger partial charge in [-0.25, -0.2) is 4.98 Å². The van der Waals surface area contributed by atoms with Crippen molar-refractivity contribution in [2.24, 2.45) is 0 Å². The first kappa shape index (κ1) is 11.9.